The number of nitrogens with zero attached hydrogens (tertiary/aromatic N) is 1. The highest BCUT2D eigenvalue weighted by molar-refractivity contribution is 5.59. The van der Waals surface area contributed by atoms with Gasteiger partial charge in [-0.15, -0.1) is 0 Å². The van der Waals surface area contributed by atoms with Crippen LogP contribution in [-0.2, 0) is 0 Å². The fraction of sp³-hybridized carbons (Fsp3) is 0.500. The van der Waals surface area contributed by atoms with Crippen LogP contribution < -0.4 is 10.1 Å². The van der Waals surface area contributed by atoms with Crippen molar-refractivity contribution < 1.29 is 19.2 Å². The van der Waals surface area contributed by atoms with E-state index < -0.39 is 16.4 Å². The molecule has 0 amide bonds. The fourth-order valence-corrected chi connectivity index (χ4v) is 1.83. The number of nitrogens with one attached hydrogen (secondary N) is 1. The predicted octanol–water partition coefficient (Wildman–Crippen LogP) is 1.93. The Hall–Kier alpha value is -1.89. The molecule has 0 aromatic heterocycles. The zero-order chi connectivity index (χ0) is 14.0. The van der Waals surface area contributed by atoms with Crippen LogP contribution >= 0.6 is 0 Å². The summed E-state index contributed by atoms with van der Waals surface area (Å²) in [5.41, 5.74) is -0.447. The van der Waals surface area contributed by atoms with Gasteiger partial charge in [0.25, 0.3) is 0 Å². The number of aliphatic hydroxyl groups excluding tert-OH is 1. The lowest BCUT2D eigenvalue weighted by Gasteiger charge is -2.15. The van der Waals surface area contributed by atoms with Gasteiger partial charge in [0.15, 0.2) is 11.6 Å². The number of hydrogen-bond donors (Lipinski definition) is 2. The molecule has 104 valence electrons. The zero-order valence-corrected chi connectivity index (χ0v) is 10.5. The van der Waals surface area contributed by atoms with Gasteiger partial charge in [-0.1, -0.05) is 0 Å². The quantitative estimate of drug-likeness (QED) is 0.609. The largest absolute Gasteiger partial charge is 0.490 e. The molecule has 19 heavy (non-hydrogen) atoms. The molecule has 0 saturated heterocycles. The molecule has 0 bridgehead atoms. The average Bonchev–Trinajstić information content (AvgIpc) is 3.17. The smallest absolute Gasteiger partial charge is 0.313 e. The standard InChI is InChI=1S/C12H15FN2O4/c1-19-11-5-9(8(13)4-10(11)15(17)18)14-6-12(7-16)2-3-12/h4-5,14,16H,2-3,6-7H2,1H3. The molecule has 0 atom stereocenters. The van der Waals surface area contributed by atoms with Gasteiger partial charge in [0.1, 0.15) is 0 Å². The lowest BCUT2D eigenvalue weighted by atomic mass is 10.1. The second-order valence-electron chi connectivity index (χ2n) is 4.77. The van der Waals surface area contributed by atoms with Crippen LogP contribution in [0, 0.1) is 21.3 Å². The molecular weight excluding hydrogens is 255 g/mol. The molecule has 1 aliphatic rings. The van der Waals surface area contributed by atoms with Crippen LogP contribution in [-0.4, -0.2) is 30.3 Å². The Balaban J connectivity index is 2.19. The van der Waals surface area contributed by atoms with E-state index in [2.05, 4.69) is 5.32 Å². The summed E-state index contributed by atoms with van der Waals surface area (Å²) in [5, 5.41) is 22.8. The summed E-state index contributed by atoms with van der Waals surface area (Å²) in [6, 6.07) is 2.10. The maximum absolute atomic E-state index is 13.7. The van der Waals surface area contributed by atoms with E-state index in [-0.39, 0.29) is 23.5 Å². The average molecular weight is 270 g/mol. The van der Waals surface area contributed by atoms with E-state index in [1.165, 1.54) is 13.2 Å². The van der Waals surface area contributed by atoms with Crippen molar-refractivity contribution in [2.24, 2.45) is 5.41 Å². The fourth-order valence-electron chi connectivity index (χ4n) is 1.83. The Morgan fingerprint density at radius 3 is 2.74 bits per heavy atom. The molecule has 2 rings (SSSR count). The zero-order valence-electron chi connectivity index (χ0n) is 10.5. The first-order chi connectivity index (χ1) is 9.01. The van der Waals surface area contributed by atoms with Crippen molar-refractivity contribution in [1.29, 1.82) is 0 Å². The molecule has 1 aromatic rings. The Labute approximate surface area is 109 Å². The molecule has 0 heterocycles. The maximum atomic E-state index is 13.7. The number of rotatable bonds is 6. The highest BCUT2D eigenvalue weighted by Gasteiger charge is 2.41. The van der Waals surface area contributed by atoms with E-state index in [4.69, 9.17) is 4.74 Å². The van der Waals surface area contributed by atoms with Crippen LogP contribution in [0.2, 0.25) is 0 Å². The molecule has 2 N–H and O–H groups in total. The van der Waals surface area contributed by atoms with Gasteiger partial charge in [-0.05, 0) is 12.8 Å². The van der Waals surface area contributed by atoms with Crippen LogP contribution in [0.5, 0.6) is 5.75 Å². The molecule has 7 heteroatoms. The van der Waals surface area contributed by atoms with E-state index in [0.717, 1.165) is 18.9 Å². The minimum Gasteiger partial charge on any atom is -0.490 e. The SMILES string of the molecule is COc1cc(NCC2(CO)CC2)c(F)cc1[N+](=O)[O-]. The topological polar surface area (TPSA) is 84.6 Å². The molecule has 0 radical (unpaired) electrons. The van der Waals surface area contributed by atoms with Crippen LogP contribution in [0.1, 0.15) is 12.8 Å². The van der Waals surface area contributed by atoms with E-state index in [9.17, 15) is 19.6 Å². The third-order valence-electron chi connectivity index (χ3n) is 3.41. The summed E-state index contributed by atoms with van der Waals surface area (Å²) in [6.45, 7) is 0.479. The van der Waals surface area contributed by atoms with Crippen molar-refractivity contribution >= 4 is 11.4 Å². The van der Waals surface area contributed by atoms with Crippen molar-refractivity contribution in [3.63, 3.8) is 0 Å². The van der Waals surface area contributed by atoms with Crippen LogP contribution in [0.15, 0.2) is 12.1 Å². The molecule has 1 fully saturated rings. The molecule has 0 spiro atoms. The minimum atomic E-state index is -0.707. The Bertz CT molecular complexity index is 503. The lowest BCUT2D eigenvalue weighted by Crippen LogP contribution is -2.19. The highest BCUT2D eigenvalue weighted by Crippen LogP contribution is 2.45. The number of aliphatic hydroxyl groups is 1. The number of hydrogen-bond acceptors (Lipinski definition) is 5. The minimum absolute atomic E-state index is 0.00254. The van der Waals surface area contributed by atoms with Gasteiger partial charge < -0.3 is 15.2 Å². The molecule has 1 aromatic carbocycles. The van der Waals surface area contributed by atoms with Crippen molar-refractivity contribution in [3.8, 4) is 5.75 Å². The number of methoxy groups -OCH3 is 1. The second-order valence-corrected chi connectivity index (χ2v) is 4.77. The number of nitro groups is 1. The van der Waals surface area contributed by atoms with Crippen LogP contribution in [0.4, 0.5) is 15.8 Å². The van der Waals surface area contributed by atoms with E-state index in [1.807, 2.05) is 0 Å². The summed E-state index contributed by atoms with van der Waals surface area (Å²) >= 11 is 0. The molecule has 0 unspecified atom stereocenters. The normalized spacial score (nSPS) is 15.9. The molecular formula is C12H15FN2O4. The molecule has 6 nitrogen and oxygen atoms in total. The van der Waals surface area contributed by atoms with Gasteiger partial charge in [-0.3, -0.25) is 10.1 Å². The summed E-state index contributed by atoms with van der Waals surface area (Å²) in [4.78, 5) is 10.0. The number of ether oxygens (including phenoxy) is 1. The Morgan fingerprint density at radius 2 is 2.26 bits per heavy atom. The number of halogens is 1. The molecule has 1 saturated carbocycles. The maximum Gasteiger partial charge on any atom is 0.313 e. The summed E-state index contributed by atoms with van der Waals surface area (Å²) in [6.07, 6.45) is 1.78. The monoisotopic (exact) mass is 270 g/mol. The first kappa shape index (κ1) is 13.5. The summed E-state index contributed by atoms with van der Waals surface area (Å²) in [7, 11) is 1.29. The summed E-state index contributed by atoms with van der Waals surface area (Å²) in [5.74, 6) is -0.705. The third-order valence-corrected chi connectivity index (χ3v) is 3.41. The first-order valence-corrected chi connectivity index (χ1v) is 5.88. The van der Waals surface area contributed by atoms with Gasteiger partial charge in [-0.25, -0.2) is 4.39 Å². The van der Waals surface area contributed by atoms with Crippen molar-refractivity contribution in [3.05, 3.63) is 28.1 Å². The summed E-state index contributed by atoms with van der Waals surface area (Å²) < 4.78 is 18.6. The van der Waals surface area contributed by atoms with Crippen LogP contribution in [0.3, 0.4) is 0 Å². The van der Waals surface area contributed by atoms with Gasteiger partial charge >= 0.3 is 5.69 Å². The number of nitro benzene ring substituents is 1. The Kier molecular flexibility index (Phi) is 3.57. The van der Waals surface area contributed by atoms with Crippen molar-refractivity contribution in [2.75, 3.05) is 25.6 Å². The Morgan fingerprint density at radius 1 is 1.58 bits per heavy atom. The van der Waals surface area contributed by atoms with Crippen LogP contribution in [0.25, 0.3) is 0 Å². The van der Waals surface area contributed by atoms with Gasteiger partial charge in [-0.2, -0.15) is 0 Å². The number of anilines is 1. The van der Waals surface area contributed by atoms with E-state index >= 15 is 0 Å². The predicted molar refractivity (Wildman–Crippen MR) is 66.8 cm³/mol. The van der Waals surface area contributed by atoms with Crippen molar-refractivity contribution in [1.82, 2.24) is 0 Å². The first-order valence-electron chi connectivity index (χ1n) is 5.88. The van der Waals surface area contributed by atoms with Gasteiger partial charge in [0.05, 0.1) is 30.4 Å². The molecule has 1 aliphatic carbocycles. The molecule has 0 aliphatic heterocycles. The highest BCUT2D eigenvalue weighted by atomic mass is 19.1. The second kappa shape index (κ2) is 5.00. The van der Waals surface area contributed by atoms with E-state index in [0.29, 0.717) is 6.54 Å². The number of benzene rings is 1. The van der Waals surface area contributed by atoms with Crippen molar-refractivity contribution in [2.45, 2.75) is 12.8 Å². The third kappa shape index (κ3) is 2.76. The van der Waals surface area contributed by atoms with Gasteiger partial charge in [0, 0.05) is 18.0 Å². The lowest BCUT2D eigenvalue weighted by molar-refractivity contribution is -0.385. The van der Waals surface area contributed by atoms with Gasteiger partial charge in [0.2, 0.25) is 0 Å². The van der Waals surface area contributed by atoms with E-state index in [1.54, 1.807) is 0 Å².